The number of fused-ring (bicyclic) bond motifs is 1. The summed E-state index contributed by atoms with van der Waals surface area (Å²) in [4.78, 5) is 0. The molecular formula is C13H22BN2O3. The van der Waals surface area contributed by atoms with Gasteiger partial charge in [-0.3, -0.25) is 4.68 Å². The summed E-state index contributed by atoms with van der Waals surface area (Å²) in [6.45, 7) is 11.2. The molecule has 5 nitrogen and oxygen atoms in total. The van der Waals surface area contributed by atoms with E-state index in [1.807, 2.05) is 25.5 Å². The molecule has 0 fully saturated rings. The highest BCUT2D eigenvalue weighted by atomic mass is 16.5. The minimum Gasteiger partial charge on any atom is -0.426 e. The number of aliphatic hydroxyl groups is 1. The van der Waals surface area contributed by atoms with Crippen LogP contribution in [0, 0.1) is 6.92 Å². The van der Waals surface area contributed by atoms with Crippen LogP contribution in [0.25, 0.3) is 0 Å². The third-order valence-corrected chi connectivity index (χ3v) is 3.91. The van der Waals surface area contributed by atoms with E-state index in [-0.39, 0.29) is 0 Å². The van der Waals surface area contributed by atoms with Crippen molar-refractivity contribution in [2.75, 3.05) is 6.61 Å². The number of hydrogen-bond donors (Lipinski definition) is 1. The third-order valence-electron chi connectivity index (χ3n) is 3.91. The molecule has 19 heavy (non-hydrogen) atoms. The van der Waals surface area contributed by atoms with Crippen molar-refractivity contribution in [3.63, 3.8) is 0 Å². The fourth-order valence-corrected chi connectivity index (χ4v) is 1.80. The summed E-state index contributed by atoms with van der Waals surface area (Å²) in [5.41, 5.74) is 1.31. The molecule has 0 bridgehead atoms. The zero-order valence-corrected chi connectivity index (χ0v) is 12.4. The van der Waals surface area contributed by atoms with Crippen molar-refractivity contribution in [1.82, 2.24) is 9.78 Å². The normalized spacial score (nSPS) is 16.3. The predicted molar refractivity (Wildman–Crippen MR) is 73.5 cm³/mol. The smallest absolute Gasteiger partial charge is 0.334 e. The number of nitrogens with zero attached hydrogens (tertiary/aromatic N) is 2. The molecule has 1 aromatic rings. The van der Waals surface area contributed by atoms with E-state index < -0.39 is 11.2 Å². The van der Waals surface area contributed by atoms with Gasteiger partial charge in [-0.05, 0) is 40.1 Å². The first kappa shape index (κ1) is 14.6. The average Bonchev–Trinajstić information content (AvgIpc) is 2.60. The van der Waals surface area contributed by atoms with Crippen LogP contribution in [-0.4, -0.2) is 40.2 Å². The lowest BCUT2D eigenvalue weighted by atomic mass is 9.81. The maximum atomic E-state index is 10.1. The summed E-state index contributed by atoms with van der Waals surface area (Å²) in [6, 6.07) is 0. The molecule has 1 aliphatic heterocycles. The minimum atomic E-state index is -0.929. The Morgan fingerprint density at radius 1 is 1.37 bits per heavy atom. The van der Waals surface area contributed by atoms with E-state index in [2.05, 4.69) is 5.10 Å². The van der Waals surface area contributed by atoms with E-state index in [1.54, 1.807) is 21.3 Å². The molecule has 1 aromatic heterocycles. The Balaban J connectivity index is 2.14. The van der Waals surface area contributed by atoms with Crippen molar-refractivity contribution in [3.05, 3.63) is 11.4 Å². The molecule has 0 amide bonds. The van der Waals surface area contributed by atoms with Crippen LogP contribution in [0.5, 0.6) is 0 Å². The number of ether oxygens (including phenoxy) is 1. The summed E-state index contributed by atoms with van der Waals surface area (Å²) in [7, 11) is 1.70. The van der Waals surface area contributed by atoms with Gasteiger partial charge in [-0.1, -0.05) is 0 Å². The molecule has 0 spiro atoms. The topological polar surface area (TPSA) is 56.5 Å². The molecular weight excluding hydrogens is 243 g/mol. The monoisotopic (exact) mass is 265 g/mol. The van der Waals surface area contributed by atoms with Crippen LogP contribution < -0.4 is 5.46 Å². The molecule has 2 heterocycles. The van der Waals surface area contributed by atoms with Crippen LogP contribution in [0.4, 0.5) is 0 Å². The van der Waals surface area contributed by atoms with Crippen LogP contribution in [0.3, 0.4) is 0 Å². The van der Waals surface area contributed by atoms with E-state index in [0.29, 0.717) is 13.2 Å². The third kappa shape index (κ3) is 2.85. The Morgan fingerprint density at radius 2 is 2.05 bits per heavy atom. The van der Waals surface area contributed by atoms with Crippen LogP contribution in [0.15, 0.2) is 0 Å². The highest BCUT2D eigenvalue weighted by molar-refractivity contribution is 6.48. The van der Waals surface area contributed by atoms with E-state index in [9.17, 15) is 5.11 Å². The Morgan fingerprint density at radius 3 is 2.68 bits per heavy atom. The molecule has 1 aliphatic rings. The Kier molecular flexibility index (Phi) is 3.77. The van der Waals surface area contributed by atoms with Crippen LogP contribution in [0.1, 0.15) is 39.1 Å². The number of aromatic nitrogens is 2. The van der Waals surface area contributed by atoms with Crippen molar-refractivity contribution in [2.24, 2.45) is 0 Å². The Hall–Kier alpha value is -0.845. The van der Waals surface area contributed by atoms with Gasteiger partial charge in [0.15, 0.2) is 0 Å². The van der Waals surface area contributed by atoms with Gasteiger partial charge >= 0.3 is 7.48 Å². The number of aryl methyl sites for hydroxylation is 1. The van der Waals surface area contributed by atoms with Gasteiger partial charge in [0.2, 0.25) is 0 Å². The van der Waals surface area contributed by atoms with Gasteiger partial charge in [0.05, 0.1) is 42.3 Å². The highest BCUT2D eigenvalue weighted by Crippen LogP contribution is 2.24. The summed E-state index contributed by atoms with van der Waals surface area (Å²) >= 11 is 0. The van der Waals surface area contributed by atoms with Crippen molar-refractivity contribution < 1.29 is 14.5 Å². The van der Waals surface area contributed by atoms with Crippen LogP contribution in [-0.2, 0) is 22.5 Å². The fraction of sp³-hybridized carbons (Fsp3) is 0.769. The largest absolute Gasteiger partial charge is 0.426 e. The lowest BCUT2D eigenvalue weighted by Crippen LogP contribution is -2.49. The SMILES string of the molecule is Cc1nn2c(c1[B]OC(C)(C)C(C)(C)O)COCC2. The molecule has 6 heteroatoms. The summed E-state index contributed by atoms with van der Waals surface area (Å²) in [6.07, 6.45) is 0. The molecule has 1 N–H and O–H groups in total. The minimum absolute atomic E-state index is 0.555. The van der Waals surface area contributed by atoms with Gasteiger partial charge in [-0.2, -0.15) is 5.10 Å². The molecule has 0 aliphatic carbocycles. The lowest BCUT2D eigenvalue weighted by molar-refractivity contribution is -0.0893. The number of rotatable bonds is 4. The summed E-state index contributed by atoms with van der Waals surface area (Å²) in [5.74, 6) is 0. The summed E-state index contributed by atoms with van der Waals surface area (Å²) < 4.78 is 13.2. The van der Waals surface area contributed by atoms with E-state index in [4.69, 9.17) is 9.39 Å². The summed E-state index contributed by atoms with van der Waals surface area (Å²) in [5, 5.41) is 14.6. The standard InChI is InChI=1S/C13H22BN2O3/c1-9-11(10-8-18-7-6-16(10)15-9)14-19-13(4,5)12(2,3)17/h17H,6-8H2,1-5H3. The highest BCUT2D eigenvalue weighted by Gasteiger charge is 2.36. The van der Waals surface area contributed by atoms with Crippen LogP contribution >= 0.6 is 0 Å². The van der Waals surface area contributed by atoms with Gasteiger partial charge in [-0.25, -0.2) is 0 Å². The van der Waals surface area contributed by atoms with Gasteiger partial charge in [-0.15, -0.1) is 0 Å². The van der Waals surface area contributed by atoms with Crippen molar-refractivity contribution in [3.8, 4) is 0 Å². The molecule has 0 saturated carbocycles. The number of hydrogen-bond acceptors (Lipinski definition) is 4. The Bertz CT molecular complexity index is 463. The van der Waals surface area contributed by atoms with Gasteiger partial charge in [0, 0.05) is 0 Å². The molecule has 2 rings (SSSR count). The maximum Gasteiger partial charge on any atom is 0.334 e. The van der Waals surface area contributed by atoms with E-state index in [0.717, 1.165) is 23.4 Å². The molecule has 0 atom stereocenters. The lowest BCUT2D eigenvalue weighted by Gasteiger charge is -2.37. The molecule has 0 unspecified atom stereocenters. The maximum absolute atomic E-state index is 10.1. The van der Waals surface area contributed by atoms with Gasteiger partial charge < -0.3 is 14.5 Å². The average molecular weight is 265 g/mol. The second-order valence-electron chi connectivity index (χ2n) is 6.03. The van der Waals surface area contributed by atoms with Crippen LogP contribution in [0.2, 0.25) is 0 Å². The van der Waals surface area contributed by atoms with Gasteiger partial charge in [0.25, 0.3) is 0 Å². The van der Waals surface area contributed by atoms with Crippen molar-refractivity contribution in [2.45, 2.75) is 59.0 Å². The Labute approximate surface area is 115 Å². The first-order valence-electron chi connectivity index (χ1n) is 6.60. The molecule has 105 valence electrons. The molecule has 0 saturated heterocycles. The first-order chi connectivity index (χ1) is 8.72. The van der Waals surface area contributed by atoms with Crippen molar-refractivity contribution in [1.29, 1.82) is 0 Å². The predicted octanol–water partition coefficient (Wildman–Crippen LogP) is 0.532. The fourth-order valence-electron chi connectivity index (χ4n) is 1.80. The van der Waals surface area contributed by atoms with Crippen molar-refractivity contribution >= 4 is 12.9 Å². The zero-order valence-electron chi connectivity index (χ0n) is 12.4. The zero-order chi connectivity index (χ0) is 14.3. The second-order valence-corrected chi connectivity index (χ2v) is 6.03. The molecule has 0 aromatic carbocycles. The first-order valence-corrected chi connectivity index (χ1v) is 6.60. The van der Waals surface area contributed by atoms with E-state index in [1.165, 1.54) is 0 Å². The van der Waals surface area contributed by atoms with Gasteiger partial charge in [0.1, 0.15) is 0 Å². The van der Waals surface area contributed by atoms with E-state index >= 15 is 0 Å². The quantitative estimate of drug-likeness (QED) is 0.807. The molecule has 1 radical (unpaired) electrons. The second kappa shape index (κ2) is 4.92.